The normalized spacial score (nSPS) is 18.5. The maximum Gasteiger partial charge on any atom is 0.338 e. The maximum absolute atomic E-state index is 13.8. The lowest BCUT2D eigenvalue weighted by Crippen LogP contribution is -2.62. The van der Waals surface area contributed by atoms with Crippen LogP contribution in [0.5, 0.6) is 0 Å². The van der Waals surface area contributed by atoms with Crippen molar-refractivity contribution in [1.29, 1.82) is 0 Å². The first-order valence-corrected chi connectivity index (χ1v) is 28.1. The first-order chi connectivity index (χ1) is 35.7. The first-order valence-electron chi connectivity index (χ1n) is 28.1. The third-order valence-electron chi connectivity index (χ3n) is 13.5. The van der Waals surface area contributed by atoms with Crippen LogP contribution in [0.2, 0.25) is 0 Å². The Kier molecular flexibility index (Phi) is 31.4. The molecule has 3 N–H and O–H groups in total. The Bertz CT molecular complexity index is 1950. The van der Waals surface area contributed by atoms with Crippen molar-refractivity contribution in [2.24, 2.45) is 0 Å². The Labute approximate surface area is 437 Å². The molecule has 0 aromatic heterocycles. The van der Waals surface area contributed by atoms with E-state index in [4.69, 9.17) is 23.7 Å². The fraction of sp³-hybridized carbons (Fsp3) is 0.607. The highest BCUT2D eigenvalue weighted by atomic mass is 16.7. The molecule has 12 nitrogen and oxygen atoms in total. The number of aliphatic hydroxyl groups excluding tert-OH is 2. The SMILES string of the molecule is CCCCCCCCCCCCCC=C[C@@H](OC(=O)c1ccccc1)[C@H](CO[C@H]1O[C@H](CO)[C@@H](OC(=O)c2ccccc2)[C@H](OC(=O)c2ccccc2)[C@@H]1O)NC(=O)CCCCCCCCCCCCCCC. The zero-order chi connectivity index (χ0) is 52.1. The van der Waals surface area contributed by atoms with Crippen LogP contribution in [-0.2, 0) is 28.5 Å². The lowest BCUT2D eigenvalue weighted by atomic mass is 9.98. The van der Waals surface area contributed by atoms with Crippen LogP contribution >= 0.6 is 0 Å². The monoisotopic (exact) mass is 1010 g/mol. The van der Waals surface area contributed by atoms with Crippen molar-refractivity contribution in [2.75, 3.05) is 13.2 Å². The third-order valence-corrected chi connectivity index (χ3v) is 13.5. The van der Waals surface area contributed by atoms with Crippen LogP contribution in [0.15, 0.2) is 103 Å². The summed E-state index contributed by atoms with van der Waals surface area (Å²) in [6.45, 7) is 3.46. The lowest BCUT2D eigenvalue weighted by molar-refractivity contribution is -0.301. The van der Waals surface area contributed by atoms with E-state index >= 15 is 0 Å². The molecule has 1 saturated heterocycles. The number of unbranched alkanes of at least 4 members (excludes halogenated alkanes) is 23. The second kappa shape index (κ2) is 37.8. The topological polar surface area (TPSA) is 167 Å². The second-order valence-electron chi connectivity index (χ2n) is 19.7. The van der Waals surface area contributed by atoms with Crippen molar-refractivity contribution in [3.05, 3.63) is 120 Å². The van der Waals surface area contributed by atoms with Crippen LogP contribution in [0.4, 0.5) is 0 Å². The first kappa shape index (κ1) is 60.7. The number of amides is 1. The number of carbonyl (C=O) groups is 4. The molecule has 0 aliphatic carbocycles. The summed E-state index contributed by atoms with van der Waals surface area (Å²) < 4.78 is 30.3. The molecule has 1 aliphatic heterocycles. The minimum absolute atomic E-state index is 0.182. The van der Waals surface area contributed by atoms with E-state index in [9.17, 15) is 29.4 Å². The number of nitrogens with one attached hydrogen (secondary N) is 1. The van der Waals surface area contributed by atoms with Gasteiger partial charge in [-0.3, -0.25) is 4.79 Å². The van der Waals surface area contributed by atoms with E-state index in [1.165, 1.54) is 109 Å². The molecule has 3 aromatic carbocycles. The van der Waals surface area contributed by atoms with E-state index in [1.54, 1.807) is 91.0 Å². The highest BCUT2D eigenvalue weighted by molar-refractivity contribution is 5.91. The average Bonchev–Trinajstić information content (AvgIpc) is 3.41. The molecular weight excluding hydrogens is 923 g/mol. The fourth-order valence-electron chi connectivity index (χ4n) is 9.16. The number of benzene rings is 3. The van der Waals surface area contributed by atoms with Crippen LogP contribution in [0.25, 0.3) is 0 Å². The fourth-order valence-corrected chi connectivity index (χ4v) is 9.16. The summed E-state index contributed by atoms with van der Waals surface area (Å²) in [7, 11) is 0. The minimum atomic E-state index is -1.74. The zero-order valence-electron chi connectivity index (χ0n) is 44.2. The van der Waals surface area contributed by atoms with Gasteiger partial charge in [0.1, 0.15) is 18.3 Å². The quantitative estimate of drug-likeness (QED) is 0.0215. The predicted molar refractivity (Wildman–Crippen MR) is 287 cm³/mol. The summed E-state index contributed by atoms with van der Waals surface area (Å²) in [5.41, 5.74) is 0.715. The summed E-state index contributed by atoms with van der Waals surface area (Å²) in [5.74, 6) is -2.44. The van der Waals surface area contributed by atoms with E-state index < -0.39 is 67.4 Å². The van der Waals surface area contributed by atoms with Crippen molar-refractivity contribution in [2.45, 2.75) is 224 Å². The third kappa shape index (κ3) is 24.3. The molecule has 73 heavy (non-hydrogen) atoms. The highest BCUT2D eigenvalue weighted by Gasteiger charge is 2.50. The van der Waals surface area contributed by atoms with Crippen molar-refractivity contribution in [3.63, 3.8) is 0 Å². The van der Waals surface area contributed by atoms with Gasteiger partial charge in [0.2, 0.25) is 5.91 Å². The Morgan fingerprint density at radius 3 is 1.42 bits per heavy atom. The summed E-state index contributed by atoms with van der Waals surface area (Å²) >= 11 is 0. The number of ether oxygens (including phenoxy) is 5. The molecule has 7 atom stereocenters. The molecule has 1 amide bonds. The Morgan fingerprint density at radius 2 is 0.973 bits per heavy atom. The Hall–Kier alpha value is -4.88. The van der Waals surface area contributed by atoms with Gasteiger partial charge in [0, 0.05) is 6.42 Å². The van der Waals surface area contributed by atoms with E-state index in [-0.39, 0.29) is 30.1 Å². The number of allylic oxidation sites excluding steroid dienone is 1. The number of carbonyl (C=O) groups excluding carboxylic acids is 4. The molecule has 12 heteroatoms. The maximum atomic E-state index is 13.8. The molecule has 0 unspecified atom stereocenters. The Morgan fingerprint density at radius 1 is 0.562 bits per heavy atom. The molecular formula is C61H89NO11. The van der Waals surface area contributed by atoms with Gasteiger partial charge in [-0.2, -0.15) is 0 Å². The van der Waals surface area contributed by atoms with Crippen LogP contribution in [-0.4, -0.2) is 90.1 Å². The van der Waals surface area contributed by atoms with Crippen molar-refractivity contribution < 1.29 is 53.1 Å². The average molecular weight is 1010 g/mol. The second-order valence-corrected chi connectivity index (χ2v) is 19.7. The molecule has 404 valence electrons. The summed E-state index contributed by atoms with van der Waals surface area (Å²) in [4.78, 5) is 54.5. The van der Waals surface area contributed by atoms with Gasteiger partial charge < -0.3 is 39.2 Å². The molecule has 1 fully saturated rings. The smallest absolute Gasteiger partial charge is 0.338 e. The van der Waals surface area contributed by atoms with E-state index in [2.05, 4.69) is 19.2 Å². The lowest BCUT2D eigenvalue weighted by Gasteiger charge is -2.43. The summed E-state index contributed by atoms with van der Waals surface area (Å²) in [6.07, 6.45) is 24.8. The molecule has 4 rings (SSSR count). The van der Waals surface area contributed by atoms with Gasteiger partial charge in [0.05, 0.1) is 35.9 Å². The van der Waals surface area contributed by atoms with Crippen molar-refractivity contribution in [3.8, 4) is 0 Å². The Balaban J connectivity index is 1.49. The van der Waals surface area contributed by atoms with Gasteiger partial charge in [-0.15, -0.1) is 0 Å². The number of hydrogen-bond donors (Lipinski definition) is 3. The van der Waals surface area contributed by atoms with E-state index in [1.807, 2.05) is 12.1 Å². The number of esters is 3. The number of aliphatic hydroxyl groups is 2. The van der Waals surface area contributed by atoms with Crippen molar-refractivity contribution in [1.82, 2.24) is 5.32 Å². The molecule has 0 radical (unpaired) electrons. The molecule has 0 bridgehead atoms. The van der Waals surface area contributed by atoms with Gasteiger partial charge in [0.15, 0.2) is 18.5 Å². The van der Waals surface area contributed by atoms with Gasteiger partial charge in [-0.25, -0.2) is 14.4 Å². The van der Waals surface area contributed by atoms with Gasteiger partial charge in [-0.05, 0) is 61.7 Å². The van der Waals surface area contributed by atoms with E-state index in [0.29, 0.717) is 12.0 Å². The van der Waals surface area contributed by atoms with Crippen LogP contribution < -0.4 is 5.32 Å². The largest absolute Gasteiger partial charge is 0.452 e. The predicted octanol–water partition coefficient (Wildman–Crippen LogP) is 13.0. The molecule has 1 aliphatic rings. The summed E-state index contributed by atoms with van der Waals surface area (Å²) in [6, 6.07) is 24.0. The number of rotatable bonds is 39. The minimum Gasteiger partial charge on any atom is -0.452 e. The van der Waals surface area contributed by atoms with E-state index in [0.717, 1.165) is 44.9 Å². The molecule has 1 heterocycles. The highest BCUT2D eigenvalue weighted by Crippen LogP contribution is 2.29. The molecule has 0 spiro atoms. The van der Waals surface area contributed by atoms with Crippen molar-refractivity contribution >= 4 is 23.8 Å². The molecule has 0 saturated carbocycles. The van der Waals surface area contributed by atoms with Crippen LogP contribution in [0.3, 0.4) is 0 Å². The zero-order valence-corrected chi connectivity index (χ0v) is 44.2. The number of hydrogen-bond acceptors (Lipinski definition) is 11. The van der Waals surface area contributed by atoms with Gasteiger partial charge >= 0.3 is 17.9 Å². The molecule has 3 aromatic rings. The van der Waals surface area contributed by atoms with Gasteiger partial charge in [-0.1, -0.05) is 216 Å². The standard InChI is InChI=1S/C61H89NO11/c1-3-5-7-9-11-13-15-17-19-21-23-25-36-44-52(70-58(66)48-38-30-27-31-39-48)51(62-54(64)45-37-26-24-22-20-18-16-14-12-10-8-6-4-2)47-69-61-55(65)57(73-60(68)50-42-34-29-35-43-50)56(53(46-63)71-61)72-59(67)49-40-32-28-33-41-49/h27-36,38-44,51-53,55-57,61,63,65H,3-26,37,45-47H2,1-2H3,(H,62,64)/t51-,52+,53+,55-,56+,57+,61-/m0/s1. The van der Waals surface area contributed by atoms with Gasteiger partial charge in [0.25, 0.3) is 0 Å². The van der Waals surface area contributed by atoms with Crippen LogP contribution in [0, 0.1) is 0 Å². The van der Waals surface area contributed by atoms with Crippen LogP contribution in [0.1, 0.15) is 212 Å². The summed E-state index contributed by atoms with van der Waals surface area (Å²) in [5, 5.41) is 25.7.